The molecule has 1 fully saturated rings. The largest absolute Gasteiger partial charge is 0.506 e. The molecule has 1 heterocycles. The van der Waals surface area contributed by atoms with Gasteiger partial charge in [0.25, 0.3) is 5.91 Å². The second kappa shape index (κ2) is 8.61. The van der Waals surface area contributed by atoms with Gasteiger partial charge in [0, 0.05) is 31.7 Å². The van der Waals surface area contributed by atoms with Crippen molar-refractivity contribution in [2.24, 2.45) is 0 Å². The monoisotopic (exact) mass is 407 g/mol. The number of aromatic hydroxyl groups is 1. The Bertz CT molecular complexity index is 852. The Morgan fingerprint density at radius 3 is 2.37 bits per heavy atom. The number of piperazine rings is 1. The third-order valence-electron chi connectivity index (χ3n) is 4.37. The predicted octanol–water partition coefficient (Wildman–Crippen LogP) is 3.10. The van der Waals surface area contributed by atoms with Crippen molar-refractivity contribution in [1.29, 1.82) is 0 Å². The summed E-state index contributed by atoms with van der Waals surface area (Å²) in [6, 6.07) is 11.5. The van der Waals surface area contributed by atoms with Crippen LogP contribution in [0.5, 0.6) is 5.75 Å². The number of anilines is 1. The van der Waals surface area contributed by atoms with E-state index in [1.807, 2.05) is 11.0 Å². The first-order valence-electron chi connectivity index (χ1n) is 8.48. The van der Waals surface area contributed by atoms with Crippen molar-refractivity contribution in [1.82, 2.24) is 9.80 Å². The molecule has 3 rings (SSSR count). The summed E-state index contributed by atoms with van der Waals surface area (Å²) in [4.78, 5) is 28.5. The molecule has 0 radical (unpaired) electrons. The molecule has 0 spiro atoms. The molecule has 0 saturated carbocycles. The molecule has 0 aromatic heterocycles. The van der Waals surface area contributed by atoms with Crippen molar-refractivity contribution in [3.8, 4) is 5.75 Å². The van der Waals surface area contributed by atoms with Crippen LogP contribution in [0.15, 0.2) is 42.5 Å². The van der Waals surface area contributed by atoms with Crippen LogP contribution in [0.2, 0.25) is 10.0 Å². The number of carbonyl (C=O) groups is 2. The van der Waals surface area contributed by atoms with E-state index in [-0.39, 0.29) is 29.1 Å². The second-order valence-electron chi connectivity index (χ2n) is 6.26. The summed E-state index contributed by atoms with van der Waals surface area (Å²) in [6.45, 7) is 2.44. The van der Waals surface area contributed by atoms with Crippen LogP contribution in [-0.2, 0) is 4.79 Å². The molecular formula is C19H19Cl2N3O3. The Kier molecular flexibility index (Phi) is 6.21. The fraction of sp³-hybridized carbons (Fsp3) is 0.263. The van der Waals surface area contributed by atoms with E-state index in [2.05, 4.69) is 5.32 Å². The van der Waals surface area contributed by atoms with Gasteiger partial charge in [-0.3, -0.25) is 14.5 Å². The maximum atomic E-state index is 12.5. The number of nitrogens with zero attached hydrogens (tertiary/aromatic N) is 2. The zero-order chi connectivity index (χ0) is 19.4. The second-order valence-corrected chi connectivity index (χ2v) is 7.08. The quantitative estimate of drug-likeness (QED) is 0.816. The predicted molar refractivity (Wildman–Crippen MR) is 106 cm³/mol. The first-order chi connectivity index (χ1) is 12.9. The minimum Gasteiger partial charge on any atom is -0.506 e. The molecule has 2 aromatic rings. The Hall–Kier alpha value is -2.28. The third kappa shape index (κ3) is 4.91. The maximum absolute atomic E-state index is 12.5. The first kappa shape index (κ1) is 19.5. The molecule has 1 aliphatic heterocycles. The molecule has 27 heavy (non-hydrogen) atoms. The van der Waals surface area contributed by atoms with E-state index in [9.17, 15) is 14.7 Å². The van der Waals surface area contributed by atoms with Crippen LogP contribution in [0, 0.1) is 0 Å². The fourth-order valence-electron chi connectivity index (χ4n) is 2.89. The number of phenols is 1. The topological polar surface area (TPSA) is 72.9 Å². The van der Waals surface area contributed by atoms with Gasteiger partial charge in [0.05, 0.1) is 22.3 Å². The summed E-state index contributed by atoms with van der Waals surface area (Å²) >= 11 is 11.9. The van der Waals surface area contributed by atoms with Gasteiger partial charge in [-0.05, 0) is 30.3 Å². The summed E-state index contributed by atoms with van der Waals surface area (Å²) in [6.07, 6.45) is 0. The molecule has 0 bridgehead atoms. The van der Waals surface area contributed by atoms with E-state index in [0.717, 1.165) is 0 Å². The highest BCUT2D eigenvalue weighted by Crippen LogP contribution is 2.24. The number of halogens is 2. The van der Waals surface area contributed by atoms with E-state index in [0.29, 0.717) is 42.5 Å². The highest BCUT2D eigenvalue weighted by atomic mass is 35.5. The summed E-state index contributed by atoms with van der Waals surface area (Å²) in [5, 5.41) is 12.9. The van der Waals surface area contributed by atoms with Gasteiger partial charge in [0.1, 0.15) is 5.75 Å². The normalized spacial score (nSPS) is 14.8. The van der Waals surface area contributed by atoms with Gasteiger partial charge >= 0.3 is 0 Å². The summed E-state index contributed by atoms with van der Waals surface area (Å²) in [7, 11) is 0. The number of amides is 2. The molecule has 0 unspecified atom stereocenters. The lowest BCUT2D eigenvalue weighted by atomic mass is 10.1. The molecule has 142 valence electrons. The van der Waals surface area contributed by atoms with Gasteiger partial charge in [-0.1, -0.05) is 35.3 Å². The van der Waals surface area contributed by atoms with E-state index in [1.165, 1.54) is 12.1 Å². The number of hydrogen-bond donors (Lipinski definition) is 2. The molecule has 8 heteroatoms. The van der Waals surface area contributed by atoms with Gasteiger partial charge < -0.3 is 15.3 Å². The average molecular weight is 408 g/mol. The van der Waals surface area contributed by atoms with Gasteiger partial charge in [0.15, 0.2) is 0 Å². The third-order valence-corrected chi connectivity index (χ3v) is 5.00. The molecule has 2 aromatic carbocycles. The van der Waals surface area contributed by atoms with Crippen molar-refractivity contribution in [3.63, 3.8) is 0 Å². The molecule has 2 N–H and O–H groups in total. The lowest BCUT2D eigenvalue weighted by Gasteiger charge is -2.34. The number of hydrogen-bond acceptors (Lipinski definition) is 4. The van der Waals surface area contributed by atoms with Gasteiger partial charge in [0.2, 0.25) is 5.91 Å². The van der Waals surface area contributed by atoms with E-state index >= 15 is 0 Å². The number of phenolic OH excluding ortho intramolecular Hbond substituents is 1. The highest BCUT2D eigenvalue weighted by molar-refractivity contribution is 6.33. The van der Waals surface area contributed by atoms with Crippen LogP contribution in [0.1, 0.15) is 10.4 Å². The van der Waals surface area contributed by atoms with Gasteiger partial charge in [-0.2, -0.15) is 0 Å². The smallest absolute Gasteiger partial charge is 0.253 e. The van der Waals surface area contributed by atoms with Crippen molar-refractivity contribution in [3.05, 3.63) is 58.1 Å². The van der Waals surface area contributed by atoms with Crippen molar-refractivity contribution in [2.45, 2.75) is 0 Å². The number of carbonyl (C=O) groups excluding carboxylic acids is 2. The van der Waals surface area contributed by atoms with Crippen LogP contribution in [0.25, 0.3) is 0 Å². The Morgan fingerprint density at radius 1 is 1.00 bits per heavy atom. The zero-order valence-electron chi connectivity index (χ0n) is 14.5. The Labute approximate surface area is 167 Å². The SMILES string of the molecule is O=C(CN1CCN(C(=O)c2ccc(O)c(Cl)c2)CC1)Nc1ccccc1Cl. The first-order valence-corrected chi connectivity index (χ1v) is 9.24. The zero-order valence-corrected chi connectivity index (χ0v) is 16.0. The number of rotatable bonds is 4. The maximum Gasteiger partial charge on any atom is 0.253 e. The molecule has 0 aliphatic carbocycles. The summed E-state index contributed by atoms with van der Waals surface area (Å²) < 4.78 is 0. The van der Waals surface area contributed by atoms with Crippen molar-refractivity contribution < 1.29 is 14.7 Å². The van der Waals surface area contributed by atoms with Gasteiger partial charge in [-0.15, -0.1) is 0 Å². The molecule has 2 amide bonds. The molecular weight excluding hydrogens is 389 g/mol. The standard InChI is InChI=1S/C19H19Cl2N3O3/c20-14-3-1-2-4-16(14)22-18(26)12-23-7-9-24(10-8-23)19(27)13-5-6-17(25)15(21)11-13/h1-6,11,25H,7-10,12H2,(H,22,26). The Balaban J connectivity index is 1.51. The number of para-hydroxylation sites is 1. The molecule has 1 saturated heterocycles. The Morgan fingerprint density at radius 2 is 1.70 bits per heavy atom. The molecule has 6 nitrogen and oxygen atoms in total. The lowest BCUT2D eigenvalue weighted by molar-refractivity contribution is -0.117. The summed E-state index contributed by atoms with van der Waals surface area (Å²) in [5.74, 6) is -0.340. The minimum atomic E-state index is -0.145. The minimum absolute atomic E-state index is 0.0532. The van der Waals surface area contributed by atoms with Crippen LogP contribution < -0.4 is 5.32 Å². The number of nitrogens with one attached hydrogen (secondary N) is 1. The van der Waals surface area contributed by atoms with Crippen LogP contribution in [0.4, 0.5) is 5.69 Å². The van der Waals surface area contributed by atoms with Crippen LogP contribution >= 0.6 is 23.2 Å². The highest BCUT2D eigenvalue weighted by Gasteiger charge is 2.24. The molecule has 1 aliphatic rings. The van der Waals surface area contributed by atoms with Crippen LogP contribution in [-0.4, -0.2) is 59.4 Å². The van der Waals surface area contributed by atoms with E-state index in [1.54, 1.807) is 29.2 Å². The lowest BCUT2D eigenvalue weighted by Crippen LogP contribution is -2.50. The summed E-state index contributed by atoms with van der Waals surface area (Å²) in [5.41, 5.74) is 1.02. The fourth-order valence-corrected chi connectivity index (χ4v) is 3.25. The van der Waals surface area contributed by atoms with Crippen molar-refractivity contribution in [2.75, 3.05) is 38.0 Å². The average Bonchev–Trinajstić information content (AvgIpc) is 2.66. The van der Waals surface area contributed by atoms with Gasteiger partial charge in [-0.25, -0.2) is 0 Å². The van der Waals surface area contributed by atoms with E-state index in [4.69, 9.17) is 23.2 Å². The number of benzene rings is 2. The molecule has 0 atom stereocenters. The van der Waals surface area contributed by atoms with Crippen LogP contribution in [0.3, 0.4) is 0 Å². The van der Waals surface area contributed by atoms with Crippen molar-refractivity contribution >= 4 is 40.7 Å². The van der Waals surface area contributed by atoms with E-state index < -0.39 is 0 Å².